The van der Waals surface area contributed by atoms with Gasteiger partial charge in [-0.3, -0.25) is 0 Å². The molecule has 0 aliphatic heterocycles. The summed E-state index contributed by atoms with van der Waals surface area (Å²) in [6.45, 7) is 1.72. The predicted octanol–water partition coefficient (Wildman–Crippen LogP) is 3.61. The summed E-state index contributed by atoms with van der Waals surface area (Å²) in [4.78, 5) is 0. The molecule has 0 fully saturated rings. The van der Waals surface area contributed by atoms with Crippen LogP contribution in [0.5, 0.6) is 11.5 Å². The third-order valence-corrected chi connectivity index (χ3v) is 3.59. The van der Waals surface area contributed by atoms with Gasteiger partial charge in [-0.2, -0.15) is 0 Å². The summed E-state index contributed by atoms with van der Waals surface area (Å²) in [5.74, 6) is 1.25. The molecule has 4 heteroatoms. The molecular formula is C16H17ClO3. The minimum Gasteiger partial charge on any atom is -0.497 e. The number of rotatable bonds is 4. The smallest absolute Gasteiger partial charge is 0.128 e. The van der Waals surface area contributed by atoms with Crippen molar-refractivity contribution in [3.63, 3.8) is 0 Å². The summed E-state index contributed by atoms with van der Waals surface area (Å²) in [5, 5.41) is 11.5. The zero-order valence-corrected chi connectivity index (χ0v) is 12.4. The van der Waals surface area contributed by atoms with Crippen molar-refractivity contribution in [2.75, 3.05) is 14.2 Å². The molecule has 106 valence electrons. The number of benzene rings is 2. The molecule has 1 N–H and O–H groups in total. The van der Waals surface area contributed by atoms with Gasteiger partial charge in [0.15, 0.2) is 0 Å². The summed E-state index contributed by atoms with van der Waals surface area (Å²) in [6, 6.07) is 12.4. The second-order valence-electron chi connectivity index (χ2n) is 4.65. The van der Waals surface area contributed by atoms with Crippen LogP contribution in [0.3, 0.4) is 0 Å². The lowest BCUT2D eigenvalue weighted by molar-refractivity contribution is 0.0989. The van der Waals surface area contributed by atoms with Gasteiger partial charge >= 0.3 is 0 Å². The third kappa shape index (κ3) is 2.74. The molecule has 0 saturated carbocycles. The normalized spacial score (nSPS) is 13.7. The zero-order chi connectivity index (χ0) is 14.8. The molecule has 1 unspecified atom stereocenters. The average Bonchev–Trinajstić information content (AvgIpc) is 2.46. The summed E-state index contributed by atoms with van der Waals surface area (Å²) >= 11 is 5.88. The maximum atomic E-state index is 10.9. The van der Waals surface area contributed by atoms with E-state index >= 15 is 0 Å². The average molecular weight is 293 g/mol. The van der Waals surface area contributed by atoms with Crippen LogP contribution in [0.25, 0.3) is 0 Å². The maximum Gasteiger partial charge on any atom is 0.128 e. The fourth-order valence-electron chi connectivity index (χ4n) is 2.13. The Morgan fingerprint density at radius 2 is 1.65 bits per heavy atom. The topological polar surface area (TPSA) is 38.7 Å². The molecule has 2 rings (SSSR count). The van der Waals surface area contributed by atoms with Crippen LogP contribution in [0, 0.1) is 0 Å². The lowest BCUT2D eigenvalue weighted by Crippen LogP contribution is -2.23. The number of aliphatic hydroxyl groups is 1. The maximum absolute atomic E-state index is 10.9. The number of ether oxygens (including phenoxy) is 2. The molecule has 0 aliphatic carbocycles. The van der Waals surface area contributed by atoms with E-state index in [9.17, 15) is 5.11 Å². The molecule has 0 heterocycles. The van der Waals surface area contributed by atoms with Crippen molar-refractivity contribution in [2.45, 2.75) is 12.5 Å². The van der Waals surface area contributed by atoms with E-state index in [4.69, 9.17) is 21.1 Å². The summed E-state index contributed by atoms with van der Waals surface area (Å²) in [5.41, 5.74) is 0.232. The van der Waals surface area contributed by atoms with E-state index in [1.807, 2.05) is 0 Å². The van der Waals surface area contributed by atoms with Crippen molar-refractivity contribution < 1.29 is 14.6 Å². The van der Waals surface area contributed by atoms with E-state index < -0.39 is 5.60 Å². The highest BCUT2D eigenvalue weighted by Gasteiger charge is 2.29. The molecule has 0 amide bonds. The molecule has 0 aliphatic rings. The Labute approximate surface area is 123 Å². The van der Waals surface area contributed by atoms with E-state index in [0.29, 0.717) is 22.1 Å². The Morgan fingerprint density at radius 1 is 1.00 bits per heavy atom. The number of methoxy groups -OCH3 is 2. The summed E-state index contributed by atoms with van der Waals surface area (Å²) in [7, 11) is 3.15. The van der Waals surface area contributed by atoms with Crippen LogP contribution < -0.4 is 9.47 Å². The molecule has 0 saturated heterocycles. The number of halogens is 1. The molecule has 2 aromatic rings. The first kappa shape index (κ1) is 14.7. The molecule has 1 atom stereocenters. The molecule has 20 heavy (non-hydrogen) atoms. The quantitative estimate of drug-likeness (QED) is 0.935. The summed E-state index contributed by atoms with van der Waals surface area (Å²) < 4.78 is 10.5. The lowest BCUT2D eigenvalue weighted by atomic mass is 9.87. The van der Waals surface area contributed by atoms with E-state index in [-0.39, 0.29) is 0 Å². The van der Waals surface area contributed by atoms with Gasteiger partial charge in [0, 0.05) is 16.7 Å². The molecule has 0 spiro atoms. The highest BCUT2D eigenvalue weighted by Crippen LogP contribution is 2.37. The minimum atomic E-state index is -1.18. The van der Waals surface area contributed by atoms with E-state index in [0.717, 1.165) is 5.56 Å². The Bertz CT molecular complexity index is 591. The van der Waals surface area contributed by atoms with Gasteiger partial charge in [0.2, 0.25) is 0 Å². The first-order valence-electron chi connectivity index (χ1n) is 6.20. The monoisotopic (exact) mass is 292 g/mol. The number of hydrogen-bond acceptors (Lipinski definition) is 3. The first-order chi connectivity index (χ1) is 9.48. The van der Waals surface area contributed by atoms with Gasteiger partial charge in [-0.25, -0.2) is 0 Å². The summed E-state index contributed by atoms with van der Waals surface area (Å²) in [6.07, 6.45) is 0. The van der Waals surface area contributed by atoms with E-state index in [1.165, 1.54) is 0 Å². The minimum absolute atomic E-state index is 0.573. The van der Waals surface area contributed by atoms with Crippen molar-refractivity contribution in [1.29, 1.82) is 0 Å². The van der Waals surface area contributed by atoms with Crippen molar-refractivity contribution >= 4 is 11.6 Å². The standard InChI is InChI=1S/C16H17ClO3/c1-16(18,11-4-6-12(17)7-5-11)14-9-8-13(19-2)10-15(14)20-3/h4-10,18H,1-3H3. The van der Waals surface area contributed by atoms with Gasteiger partial charge < -0.3 is 14.6 Å². The van der Waals surface area contributed by atoms with Gasteiger partial charge in [0.05, 0.1) is 14.2 Å². The van der Waals surface area contributed by atoms with Crippen molar-refractivity contribution in [2.24, 2.45) is 0 Å². The van der Waals surface area contributed by atoms with Crippen LogP contribution in [-0.2, 0) is 5.60 Å². The van der Waals surface area contributed by atoms with Crippen LogP contribution >= 0.6 is 11.6 Å². The largest absolute Gasteiger partial charge is 0.497 e. The zero-order valence-electron chi connectivity index (χ0n) is 11.7. The van der Waals surface area contributed by atoms with Gasteiger partial charge in [-0.1, -0.05) is 23.7 Å². The molecule has 0 aromatic heterocycles. The molecule has 0 radical (unpaired) electrons. The highest BCUT2D eigenvalue weighted by atomic mass is 35.5. The van der Waals surface area contributed by atoms with Crippen LogP contribution in [0.1, 0.15) is 18.1 Å². The van der Waals surface area contributed by atoms with E-state index in [2.05, 4.69) is 0 Å². The van der Waals surface area contributed by atoms with Crippen LogP contribution in [0.4, 0.5) is 0 Å². The van der Waals surface area contributed by atoms with Crippen LogP contribution in [-0.4, -0.2) is 19.3 Å². The predicted molar refractivity (Wildman–Crippen MR) is 79.7 cm³/mol. The Hall–Kier alpha value is -1.71. The van der Waals surface area contributed by atoms with Crippen molar-refractivity contribution in [1.82, 2.24) is 0 Å². The second kappa shape index (κ2) is 5.73. The molecular weight excluding hydrogens is 276 g/mol. The van der Waals surface area contributed by atoms with Gasteiger partial charge in [-0.05, 0) is 36.8 Å². The van der Waals surface area contributed by atoms with Gasteiger partial charge in [-0.15, -0.1) is 0 Å². The molecule has 2 aromatic carbocycles. The molecule has 3 nitrogen and oxygen atoms in total. The first-order valence-corrected chi connectivity index (χ1v) is 6.57. The molecule has 0 bridgehead atoms. The van der Waals surface area contributed by atoms with Crippen LogP contribution in [0.2, 0.25) is 5.02 Å². The Balaban J connectivity index is 2.50. The fraction of sp³-hybridized carbons (Fsp3) is 0.250. The Kier molecular flexibility index (Phi) is 4.21. The van der Waals surface area contributed by atoms with Gasteiger partial charge in [0.1, 0.15) is 17.1 Å². The highest BCUT2D eigenvalue weighted by molar-refractivity contribution is 6.30. The third-order valence-electron chi connectivity index (χ3n) is 3.34. The Morgan fingerprint density at radius 3 is 2.20 bits per heavy atom. The number of hydrogen-bond donors (Lipinski definition) is 1. The SMILES string of the molecule is COc1ccc(C(C)(O)c2ccc(Cl)cc2)c(OC)c1. The van der Waals surface area contributed by atoms with Gasteiger partial charge in [0.25, 0.3) is 0 Å². The van der Waals surface area contributed by atoms with Crippen molar-refractivity contribution in [3.05, 3.63) is 58.6 Å². The van der Waals surface area contributed by atoms with E-state index in [1.54, 1.807) is 63.6 Å². The van der Waals surface area contributed by atoms with Crippen LogP contribution in [0.15, 0.2) is 42.5 Å². The van der Waals surface area contributed by atoms with Crippen molar-refractivity contribution in [3.8, 4) is 11.5 Å². The fourth-order valence-corrected chi connectivity index (χ4v) is 2.26. The lowest BCUT2D eigenvalue weighted by Gasteiger charge is -2.26. The second-order valence-corrected chi connectivity index (χ2v) is 5.08.